The molecule has 1 atom stereocenters. The number of carboxylic acid groups (broad SMARTS) is 1. The number of hydrogen-bond acceptors (Lipinski definition) is 3. The Balaban J connectivity index is 1.90. The summed E-state index contributed by atoms with van der Waals surface area (Å²) < 4.78 is 0. The summed E-state index contributed by atoms with van der Waals surface area (Å²) in [7, 11) is 0. The van der Waals surface area contributed by atoms with Crippen LogP contribution in [0, 0.1) is 5.92 Å². The molecular weight excluding hydrogens is 270 g/mol. The largest absolute Gasteiger partial charge is 0.508 e. The number of carboxylic acids is 1. The molecule has 5 nitrogen and oxygen atoms in total. The van der Waals surface area contributed by atoms with Crippen molar-refractivity contribution in [2.45, 2.75) is 32.1 Å². The van der Waals surface area contributed by atoms with Gasteiger partial charge in [0.25, 0.3) is 0 Å². The van der Waals surface area contributed by atoms with Crippen molar-refractivity contribution in [1.29, 1.82) is 0 Å². The van der Waals surface area contributed by atoms with E-state index in [9.17, 15) is 14.7 Å². The second-order valence-corrected chi connectivity index (χ2v) is 5.59. The molecule has 0 radical (unpaired) electrons. The molecule has 2 rings (SSSR count). The Labute approximate surface area is 124 Å². The van der Waals surface area contributed by atoms with Crippen LogP contribution in [-0.4, -0.2) is 40.1 Å². The van der Waals surface area contributed by atoms with Crippen molar-refractivity contribution in [2.24, 2.45) is 5.92 Å². The van der Waals surface area contributed by atoms with Crippen molar-refractivity contribution >= 4 is 11.9 Å². The van der Waals surface area contributed by atoms with Crippen LogP contribution in [0.25, 0.3) is 0 Å². The zero-order valence-electron chi connectivity index (χ0n) is 12.0. The second-order valence-electron chi connectivity index (χ2n) is 5.59. The standard InChI is InChI=1S/C16H21NO4/c18-14-6-2-1-5-13(14)10-15(19)17-9-3-4-12(11-17)7-8-16(20)21/h1-2,5-6,12,18H,3-4,7-11H2,(H,20,21). The minimum atomic E-state index is -0.785. The van der Waals surface area contributed by atoms with Gasteiger partial charge < -0.3 is 15.1 Å². The average molecular weight is 291 g/mol. The number of nitrogens with zero attached hydrogens (tertiary/aromatic N) is 1. The van der Waals surface area contributed by atoms with Crippen LogP contribution in [0.2, 0.25) is 0 Å². The van der Waals surface area contributed by atoms with Crippen molar-refractivity contribution in [3.63, 3.8) is 0 Å². The van der Waals surface area contributed by atoms with E-state index in [0.717, 1.165) is 19.4 Å². The van der Waals surface area contributed by atoms with Gasteiger partial charge in [-0.3, -0.25) is 9.59 Å². The Morgan fingerprint density at radius 3 is 2.76 bits per heavy atom. The Morgan fingerprint density at radius 1 is 1.29 bits per heavy atom. The van der Waals surface area contributed by atoms with Gasteiger partial charge in [0.2, 0.25) is 5.91 Å². The first-order chi connectivity index (χ1) is 10.1. The number of hydrogen-bond donors (Lipinski definition) is 2. The lowest BCUT2D eigenvalue weighted by molar-refractivity contribution is -0.137. The normalized spacial score (nSPS) is 18.5. The lowest BCUT2D eigenvalue weighted by Gasteiger charge is -2.32. The van der Waals surface area contributed by atoms with Crippen LogP contribution in [0.15, 0.2) is 24.3 Å². The molecular formula is C16H21NO4. The highest BCUT2D eigenvalue weighted by Crippen LogP contribution is 2.23. The molecule has 2 N–H and O–H groups in total. The Bertz CT molecular complexity index is 515. The fourth-order valence-electron chi connectivity index (χ4n) is 2.79. The summed E-state index contributed by atoms with van der Waals surface area (Å²) in [6, 6.07) is 6.86. The van der Waals surface area contributed by atoms with Gasteiger partial charge in [0.05, 0.1) is 6.42 Å². The van der Waals surface area contributed by atoms with Crippen LogP contribution in [-0.2, 0) is 16.0 Å². The summed E-state index contributed by atoms with van der Waals surface area (Å²) >= 11 is 0. The third-order valence-corrected chi connectivity index (χ3v) is 3.97. The van der Waals surface area contributed by atoms with Gasteiger partial charge in [0.1, 0.15) is 5.75 Å². The molecule has 114 valence electrons. The number of carbonyl (C=O) groups is 2. The molecule has 1 aliphatic rings. The molecule has 1 fully saturated rings. The molecule has 1 saturated heterocycles. The van der Waals surface area contributed by atoms with E-state index in [1.165, 1.54) is 0 Å². The second kappa shape index (κ2) is 7.11. The number of likely N-dealkylation sites (tertiary alicyclic amines) is 1. The van der Waals surface area contributed by atoms with Crippen molar-refractivity contribution in [1.82, 2.24) is 4.90 Å². The van der Waals surface area contributed by atoms with E-state index < -0.39 is 5.97 Å². The third-order valence-electron chi connectivity index (χ3n) is 3.97. The highest BCUT2D eigenvalue weighted by atomic mass is 16.4. The molecule has 5 heteroatoms. The maximum atomic E-state index is 12.3. The number of phenolic OH excluding ortho intramolecular Hbond substituents is 1. The topological polar surface area (TPSA) is 77.8 Å². The van der Waals surface area contributed by atoms with E-state index in [4.69, 9.17) is 5.11 Å². The van der Waals surface area contributed by atoms with Crippen molar-refractivity contribution < 1.29 is 19.8 Å². The summed E-state index contributed by atoms with van der Waals surface area (Å²) in [6.45, 7) is 1.34. The van der Waals surface area contributed by atoms with Gasteiger partial charge in [-0.1, -0.05) is 18.2 Å². The van der Waals surface area contributed by atoms with Crippen LogP contribution in [0.3, 0.4) is 0 Å². The Hall–Kier alpha value is -2.04. The van der Waals surface area contributed by atoms with Gasteiger partial charge in [0, 0.05) is 25.1 Å². The summed E-state index contributed by atoms with van der Waals surface area (Å²) in [4.78, 5) is 24.7. The predicted octanol–water partition coefficient (Wildman–Crippen LogP) is 2.04. The van der Waals surface area contributed by atoms with Gasteiger partial charge in [0.15, 0.2) is 0 Å². The molecule has 1 amide bonds. The average Bonchev–Trinajstić information content (AvgIpc) is 2.48. The number of piperidine rings is 1. The SMILES string of the molecule is O=C(O)CCC1CCCN(C(=O)Cc2ccccc2O)C1. The van der Waals surface area contributed by atoms with Crippen molar-refractivity contribution in [3.8, 4) is 5.75 Å². The number of carbonyl (C=O) groups excluding carboxylic acids is 1. The first-order valence-corrected chi connectivity index (χ1v) is 7.32. The van der Waals surface area contributed by atoms with Crippen LogP contribution in [0.4, 0.5) is 0 Å². The molecule has 1 unspecified atom stereocenters. The van der Waals surface area contributed by atoms with Crippen LogP contribution in [0.5, 0.6) is 5.75 Å². The van der Waals surface area contributed by atoms with E-state index in [1.807, 2.05) is 0 Å². The lowest BCUT2D eigenvalue weighted by atomic mass is 9.93. The molecule has 0 aromatic heterocycles. The van der Waals surface area contributed by atoms with E-state index in [0.29, 0.717) is 18.5 Å². The fraction of sp³-hybridized carbons (Fsp3) is 0.500. The number of rotatable bonds is 5. The number of phenols is 1. The summed E-state index contributed by atoms with van der Waals surface area (Å²) in [5.74, 6) is -0.377. The van der Waals surface area contributed by atoms with Gasteiger partial charge in [-0.05, 0) is 31.2 Å². The Morgan fingerprint density at radius 2 is 2.05 bits per heavy atom. The van der Waals surface area contributed by atoms with E-state index in [-0.39, 0.29) is 30.4 Å². The maximum absolute atomic E-state index is 12.3. The molecule has 21 heavy (non-hydrogen) atoms. The summed E-state index contributed by atoms with van der Waals surface area (Å²) in [5.41, 5.74) is 0.634. The first kappa shape index (κ1) is 15.4. The number of amides is 1. The molecule has 1 aromatic carbocycles. The lowest BCUT2D eigenvalue weighted by Crippen LogP contribution is -2.40. The minimum Gasteiger partial charge on any atom is -0.508 e. The van der Waals surface area contributed by atoms with Crippen LogP contribution >= 0.6 is 0 Å². The first-order valence-electron chi connectivity index (χ1n) is 7.32. The maximum Gasteiger partial charge on any atom is 0.303 e. The van der Waals surface area contributed by atoms with Crippen molar-refractivity contribution in [2.75, 3.05) is 13.1 Å². The third kappa shape index (κ3) is 4.48. The van der Waals surface area contributed by atoms with Gasteiger partial charge >= 0.3 is 5.97 Å². The van der Waals surface area contributed by atoms with Crippen LogP contribution in [0.1, 0.15) is 31.2 Å². The zero-order chi connectivity index (χ0) is 15.2. The number of benzene rings is 1. The smallest absolute Gasteiger partial charge is 0.303 e. The summed E-state index contributed by atoms with van der Waals surface area (Å²) in [5, 5.41) is 18.5. The predicted molar refractivity (Wildman–Crippen MR) is 78.0 cm³/mol. The molecule has 0 aliphatic carbocycles. The fourth-order valence-corrected chi connectivity index (χ4v) is 2.79. The van der Waals surface area contributed by atoms with E-state index in [1.54, 1.807) is 29.2 Å². The van der Waals surface area contributed by atoms with Gasteiger partial charge in [-0.15, -0.1) is 0 Å². The van der Waals surface area contributed by atoms with Crippen LogP contribution < -0.4 is 0 Å². The Kier molecular flexibility index (Phi) is 5.20. The highest BCUT2D eigenvalue weighted by molar-refractivity contribution is 5.79. The molecule has 1 aromatic rings. The van der Waals surface area contributed by atoms with Gasteiger partial charge in [-0.25, -0.2) is 0 Å². The monoisotopic (exact) mass is 291 g/mol. The minimum absolute atomic E-state index is 0.00322. The van der Waals surface area contributed by atoms with Gasteiger partial charge in [-0.2, -0.15) is 0 Å². The molecule has 1 aliphatic heterocycles. The summed E-state index contributed by atoms with van der Waals surface area (Å²) in [6.07, 6.45) is 2.87. The quantitative estimate of drug-likeness (QED) is 0.870. The molecule has 0 spiro atoms. The molecule has 1 heterocycles. The number of para-hydroxylation sites is 1. The van der Waals surface area contributed by atoms with E-state index >= 15 is 0 Å². The van der Waals surface area contributed by atoms with E-state index in [2.05, 4.69) is 0 Å². The zero-order valence-corrected chi connectivity index (χ0v) is 12.0. The molecule has 0 saturated carbocycles. The molecule has 0 bridgehead atoms. The highest BCUT2D eigenvalue weighted by Gasteiger charge is 2.24. The number of aliphatic carboxylic acids is 1. The van der Waals surface area contributed by atoms with Crippen molar-refractivity contribution in [3.05, 3.63) is 29.8 Å². The number of aromatic hydroxyl groups is 1.